The number of hydrogen-bond acceptors (Lipinski definition) is 6. The predicted octanol–water partition coefficient (Wildman–Crippen LogP) is 1.55. The van der Waals surface area contributed by atoms with Gasteiger partial charge < -0.3 is 30.2 Å². The number of carbonyl (C=O) groups is 3. The summed E-state index contributed by atoms with van der Waals surface area (Å²) in [6, 6.07) is 12.6. The highest BCUT2D eigenvalue weighted by molar-refractivity contribution is 6.09. The Morgan fingerprint density at radius 2 is 1.63 bits per heavy atom. The standard InChI is InChI=1S/C22H25N3O5/c1-15-2-4-16(5-3-15)24-22(29)18-14-17(23-20(26)8-9-21(27)28)6-7-19(18)25-10-12-30-13-11-25/h2-7,14H,8-13H2,1H3,(H,23,26)(H,24,29)(H,27,28)/p-1. The summed E-state index contributed by atoms with van der Waals surface area (Å²) in [5, 5.41) is 16.1. The Labute approximate surface area is 174 Å². The molecule has 158 valence electrons. The molecule has 1 aliphatic heterocycles. The molecule has 1 heterocycles. The normalized spacial score (nSPS) is 13.6. The number of anilines is 3. The molecule has 8 nitrogen and oxygen atoms in total. The van der Waals surface area contributed by atoms with Crippen LogP contribution >= 0.6 is 0 Å². The number of hydrogen-bond donors (Lipinski definition) is 2. The number of carbonyl (C=O) groups excluding carboxylic acids is 3. The minimum atomic E-state index is -1.29. The van der Waals surface area contributed by atoms with Crippen molar-refractivity contribution in [1.29, 1.82) is 0 Å². The van der Waals surface area contributed by atoms with Crippen molar-refractivity contribution in [1.82, 2.24) is 0 Å². The summed E-state index contributed by atoms with van der Waals surface area (Å²) in [5.74, 6) is -2.04. The number of amides is 2. The third kappa shape index (κ3) is 5.81. The molecule has 30 heavy (non-hydrogen) atoms. The Balaban J connectivity index is 1.83. The van der Waals surface area contributed by atoms with Crippen LogP contribution in [0.2, 0.25) is 0 Å². The monoisotopic (exact) mass is 410 g/mol. The summed E-state index contributed by atoms with van der Waals surface area (Å²) in [4.78, 5) is 37.6. The number of rotatable bonds is 7. The number of carboxylic acid groups (broad SMARTS) is 1. The zero-order chi connectivity index (χ0) is 21.5. The largest absolute Gasteiger partial charge is 0.550 e. The highest BCUT2D eigenvalue weighted by Gasteiger charge is 2.20. The molecular formula is C22H24N3O5-. The van der Waals surface area contributed by atoms with E-state index >= 15 is 0 Å². The molecule has 1 saturated heterocycles. The molecule has 0 unspecified atom stereocenters. The summed E-state index contributed by atoms with van der Waals surface area (Å²) >= 11 is 0. The average molecular weight is 410 g/mol. The van der Waals surface area contributed by atoms with E-state index in [0.717, 1.165) is 11.3 Å². The topological polar surface area (TPSA) is 111 Å². The molecule has 2 aromatic carbocycles. The van der Waals surface area contributed by atoms with Crippen LogP contribution in [-0.2, 0) is 14.3 Å². The molecule has 1 aliphatic rings. The van der Waals surface area contributed by atoms with Crippen LogP contribution in [0.15, 0.2) is 42.5 Å². The molecule has 0 saturated carbocycles. The summed E-state index contributed by atoms with van der Waals surface area (Å²) < 4.78 is 5.40. The second-order valence-electron chi connectivity index (χ2n) is 7.07. The third-order valence-electron chi connectivity index (χ3n) is 4.74. The van der Waals surface area contributed by atoms with E-state index in [1.807, 2.05) is 31.2 Å². The Bertz CT molecular complexity index is 921. The third-order valence-corrected chi connectivity index (χ3v) is 4.74. The van der Waals surface area contributed by atoms with E-state index in [2.05, 4.69) is 15.5 Å². The molecule has 0 spiro atoms. The smallest absolute Gasteiger partial charge is 0.257 e. The Morgan fingerprint density at radius 1 is 0.967 bits per heavy atom. The number of nitrogens with one attached hydrogen (secondary N) is 2. The number of aliphatic carboxylic acids is 1. The minimum Gasteiger partial charge on any atom is -0.550 e. The molecule has 0 radical (unpaired) electrons. The maximum atomic E-state index is 13.0. The van der Waals surface area contributed by atoms with Crippen molar-refractivity contribution in [2.24, 2.45) is 0 Å². The van der Waals surface area contributed by atoms with Crippen molar-refractivity contribution in [3.8, 4) is 0 Å². The van der Waals surface area contributed by atoms with E-state index in [1.165, 1.54) is 0 Å². The molecule has 0 aromatic heterocycles. The first kappa shape index (κ1) is 21.3. The second kappa shape index (κ2) is 9.89. The van der Waals surface area contributed by atoms with E-state index in [1.54, 1.807) is 18.2 Å². The van der Waals surface area contributed by atoms with Gasteiger partial charge in [-0.05, 0) is 43.7 Å². The lowest BCUT2D eigenvalue weighted by Crippen LogP contribution is -2.37. The lowest BCUT2D eigenvalue weighted by Gasteiger charge is -2.30. The summed E-state index contributed by atoms with van der Waals surface area (Å²) in [6.45, 7) is 4.42. The number of benzene rings is 2. The zero-order valence-corrected chi connectivity index (χ0v) is 16.8. The number of ether oxygens (including phenoxy) is 1. The van der Waals surface area contributed by atoms with Crippen LogP contribution in [-0.4, -0.2) is 44.1 Å². The minimum absolute atomic E-state index is 0.196. The van der Waals surface area contributed by atoms with E-state index in [9.17, 15) is 19.5 Å². The molecule has 2 amide bonds. The molecule has 1 fully saturated rings. The lowest BCUT2D eigenvalue weighted by atomic mass is 10.1. The van der Waals surface area contributed by atoms with E-state index in [4.69, 9.17) is 4.74 Å². The maximum absolute atomic E-state index is 13.0. The van der Waals surface area contributed by atoms with Crippen molar-refractivity contribution < 1.29 is 24.2 Å². The average Bonchev–Trinajstić information content (AvgIpc) is 2.74. The Morgan fingerprint density at radius 3 is 2.30 bits per heavy atom. The van der Waals surface area contributed by atoms with Gasteiger partial charge in [0.25, 0.3) is 5.91 Å². The number of nitrogens with zero attached hydrogens (tertiary/aromatic N) is 1. The second-order valence-corrected chi connectivity index (χ2v) is 7.07. The van der Waals surface area contributed by atoms with Crippen molar-refractivity contribution >= 4 is 34.8 Å². The van der Waals surface area contributed by atoms with Gasteiger partial charge in [0.15, 0.2) is 0 Å². The maximum Gasteiger partial charge on any atom is 0.257 e. The number of morpholine rings is 1. The predicted molar refractivity (Wildman–Crippen MR) is 111 cm³/mol. The van der Waals surface area contributed by atoms with Crippen molar-refractivity contribution in [2.45, 2.75) is 19.8 Å². The van der Waals surface area contributed by atoms with Crippen LogP contribution in [0.1, 0.15) is 28.8 Å². The fourth-order valence-corrected chi connectivity index (χ4v) is 3.15. The van der Waals surface area contributed by atoms with E-state index in [0.29, 0.717) is 43.2 Å². The van der Waals surface area contributed by atoms with Gasteiger partial charge in [0.2, 0.25) is 5.91 Å². The van der Waals surface area contributed by atoms with Gasteiger partial charge in [0.05, 0.1) is 18.8 Å². The SMILES string of the molecule is Cc1ccc(NC(=O)c2cc(NC(=O)CCC(=O)[O-])ccc2N2CCOCC2)cc1. The van der Waals surface area contributed by atoms with Crippen LogP contribution in [0.4, 0.5) is 17.1 Å². The Hall–Kier alpha value is -3.39. The molecule has 8 heteroatoms. The van der Waals surface area contributed by atoms with Gasteiger partial charge in [-0.15, -0.1) is 0 Å². The van der Waals surface area contributed by atoms with E-state index < -0.39 is 11.9 Å². The number of aryl methyl sites for hydroxylation is 1. The van der Waals surface area contributed by atoms with E-state index in [-0.39, 0.29) is 18.7 Å². The highest BCUT2D eigenvalue weighted by atomic mass is 16.5. The van der Waals surface area contributed by atoms with Gasteiger partial charge in [0, 0.05) is 42.5 Å². The molecule has 2 N–H and O–H groups in total. The summed E-state index contributed by atoms with van der Waals surface area (Å²) in [6.07, 6.45) is -0.559. The molecule has 0 atom stereocenters. The molecule has 0 aliphatic carbocycles. The van der Waals surface area contributed by atoms with Gasteiger partial charge in [-0.1, -0.05) is 17.7 Å². The number of carboxylic acids is 1. The lowest BCUT2D eigenvalue weighted by molar-refractivity contribution is -0.305. The molecule has 2 aromatic rings. The molecule has 0 bridgehead atoms. The first-order valence-electron chi connectivity index (χ1n) is 9.77. The summed E-state index contributed by atoms with van der Waals surface area (Å²) in [5.41, 5.74) is 3.33. The molecular weight excluding hydrogens is 386 g/mol. The Kier molecular flexibility index (Phi) is 7.03. The molecule has 3 rings (SSSR count). The van der Waals surface area contributed by atoms with Gasteiger partial charge >= 0.3 is 0 Å². The van der Waals surface area contributed by atoms with Crippen LogP contribution in [0, 0.1) is 6.92 Å². The fourth-order valence-electron chi connectivity index (χ4n) is 3.15. The van der Waals surface area contributed by atoms with Gasteiger partial charge in [-0.2, -0.15) is 0 Å². The van der Waals surface area contributed by atoms with Crippen molar-refractivity contribution in [3.63, 3.8) is 0 Å². The first-order valence-corrected chi connectivity index (χ1v) is 9.77. The highest BCUT2D eigenvalue weighted by Crippen LogP contribution is 2.27. The fraction of sp³-hybridized carbons (Fsp3) is 0.318. The van der Waals surface area contributed by atoms with Crippen LogP contribution in [0.3, 0.4) is 0 Å². The van der Waals surface area contributed by atoms with Crippen LogP contribution in [0.25, 0.3) is 0 Å². The van der Waals surface area contributed by atoms with Crippen LogP contribution < -0.4 is 20.6 Å². The van der Waals surface area contributed by atoms with Gasteiger partial charge in [0.1, 0.15) is 0 Å². The van der Waals surface area contributed by atoms with Crippen molar-refractivity contribution in [2.75, 3.05) is 41.8 Å². The quantitative estimate of drug-likeness (QED) is 0.717. The van der Waals surface area contributed by atoms with Crippen molar-refractivity contribution in [3.05, 3.63) is 53.6 Å². The van der Waals surface area contributed by atoms with Crippen LogP contribution in [0.5, 0.6) is 0 Å². The summed E-state index contributed by atoms with van der Waals surface area (Å²) in [7, 11) is 0. The first-order chi connectivity index (χ1) is 14.4. The van der Waals surface area contributed by atoms with Gasteiger partial charge in [-0.25, -0.2) is 0 Å². The zero-order valence-electron chi connectivity index (χ0n) is 16.8. The van der Waals surface area contributed by atoms with Gasteiger partial charge in [-0.3, -0.25) is 9.59 Å².